The van der Waals surface area contributed by atoms with E-state index in [-0.39, 0.29) is 0 Å². The summed E-state index contributed by atoms with van der Waals surface area (Å²) in [5.41, 5.74) is 1.59. The molecule has 110 valence electrons. The normalized spacial score (nSPS) is 11.8. The maximum atomic E-state index is 11.6. The van der Waals surface area contributed by atoms with Crippen LogP contribution in [0.2, 0.25) is 0 Å². The van der Waals surface area contributed by atoms with Crippen LogP contribution in [0.15, 0.2) is 36.7 Å². The minimum atomic E-state index is -0.503. The Morgan fingerprint density at radius 2 is 2.10 bits per heavy atom. The second-order valence-corrected chi connectivity index (χ2v) is 5.77. The first-order valence-electron chi connectivity index (χ1n) is 6.73. The molecule has 0 saturated carbocycles. The number of hydrogen-bond donors (Lipinski definition) is 0. The van der Waals surface area contributed by atoms with Crippen LogP contribution in [-0.4, -0.2) is 26.3 Å². The van der Waals surface area contributed by atoms with Gasteiger partial charge in [-0.05, 0) is 33.8 Å². The first-order chi connectivity index (χ1) is 9.83. The molecule has 0 radical (unpaired) electrons. The summed E-state index contributed by atoms with van der Waals surface area (Å²) in [5.74, 6) is 0.211. The molecular weight excluding hydrogens is 266 g/mol. The molecule has 5 nitrogen and oxygen atoms in total. The molecule has 1 aromatic carbocycles. The zero-order chi connectivity index (χ0) is 15.5. The Morgan fingerprint density at radius 3 is 2.76 bits per heavy atom. The van der Waals surface area contributed by atoms with Gasteiger partial charge in [0.1, 0.15) is 11.9 Å². The molecule has 0 atom stereocenters. The maximum Gasteiger partial charge on any atom is 0.332 e. The molecule has 5 heteroatoms. The Balaban J connectivity index is 2.09. The van der Waals surface area contributed by atoms with Crippen molar-refractivity contribution < 1.29 is 9.53 Å². The molecule has 0 aliphatic carbocycles. The summed E-state index contributed by atoms with van der Waals surface area (Å²) >= 11 is 0. The third kappa shape index (κ3) is 4.56. The zero-order valence-electron chi connectivity index (χ0n) is 12.7. The second kappa shape index (κ2) is 5.91. The highest BCUT2D eigenvalue weighted by Crippen LogP contribution is 2.15. The fourth-order valence-corrected chi connectivity index (χ4v) is 1.74. The molecule has 0 amide bonds. The summed E-state index contributed by atoms with van der Waals surface area (Å²) in [4.78, 5) is 15.8. The topological polar surface area (TPSA) is 57.0 Å². The van der Waals surface area contributed by atoms with Gasteiger partial charge in [0.2, 0.25) is 0 Å². The monoisotopic (exact) mass is 285 g/mol. The molecular formula is C16H19N3O2. The van der Waals surface area contributed by atoms with E-state index in [4.69, 9.17) is 4.74 Å². The number of aryl methyl sites for hydroxylation is 1. The smallest absolute Gasteiger partial charge is 0.332 e. The second-order valence-electron chi connectivity index (χ2n) is 5.77. The standard InChI is InChI=1S/C16H19N3O2/c1-12-6-5-7-13(10-12)15-17-11-19(18-15)9-8-14(20)21-16(2,3)4/h5-11H,1-4H3/b9-8-. The van der Waals surface area contributed by atoms with E-state index >= 15 is 0 Å². The number of carbonyl (C=O) groups excluding carboxylic acids is 1. The van der Waals surface area contributed by atoms with E-state index in [1.807, 2.05) is 52.0 Å². The van der Waals surface area contributed by atoms with Gasteiger partial charge in [-0.2, -0.15) is 0 Å². The van der Waals surface area contributed by atoms with E-state index in [0.29, 0.717) is 5.82 Å². The average molecular weight is 285 g/mol. The maximum absolute atomic E-state index is 11.6. The Hall–Kier alpha value is -2.43. The van der Waals surface area contributed by atoms with E-state index in [2.05, 4.69) is 10.1 Å². The molecule has 0 aliphatic heterocycles. The summed E-state index contributed by atoms with van der Waals surface area (Å²) in [6, 6.07) is 7.94. The van der Waals surface area contributed by atoms with Crippen molar-refractivity contribution in [1.29, 1.82) is 0 Å². The van der Waals surface area contributed by atoms with Crippen molar-refractivity contribution in [2.45, 2.75) is 33.3 Å². The van der Waals surface area contributed by atoms with Crippen molar-refractivity contribution in [2.75, 3.05) is 0 Å². The fraction of sp³-hybridized carbons (Fsp3) is 0.312. The summed E-state index contributed by atoms with van der Waals surface area (Å²) < 4.78 is 6.67. The quantitative estimate of drug-likeness (QED) is 0.642. The van der Waals surface area contributed by atoms with Gasteiger partial charge in [-0.3, -0.25) is 0 Å². The number of nitrogens with zero attached hydrogens (tertiary/aromatic N) is 3. The van der Waals surface area contributed by atoms with Crippen LogP contribution in [0.5, 0.6) is 0 Å². The van der Waals surface area contributed by atoms with Gasteiger partial charge < -0.3 is 4.74 Å². The average Bonchev–Trinajstić information content (AvgIpc) is 2.83. The van der Waals surface area contributed by atoms with Crippen LogP contribution in [0.3, 0.4) is 0 Å². The molecule has 0 N–H and O–H groups in total. The fourth-order valence-electron chi connectivity index (χ4n) is 1.74. The van der Waals surface area contributed by atoms with Crippen LogP contribution in [0.4, 0.5) is 0 Å². The first kappa shape index (κ1) is 15.0. The van der Waals surface area contributed by atoms with Gasteiger partial charge in [-0.25, -0.2) is 14.5 Å². The SMILES string of the molecule is Cc1cccc(-c2ncn(/C=C\C(=O)OC(C)(C)C)n2)c1. The number of hydrogen-bond acceptors (Lipinski definition) is 4. The third-order valence-corrected chi connectivity index (χ3v) is 2.55. The Kier molecular flexibility index (Phi) is 4.21. The van der Waals surface area contributed by atoms with Crippen molar-refractivity contribution in [3.63, 3.8) is 0 Å². The highest BCUT2D eigenvalue weighted by atomic mass is 16.6. The number of esters is 1. The largest absolute Gasteiger partial charge is 0.457 e. The number of benzene rings is 1. The van der Waals surface area contributed by atoms with Crippen molar-refractivity contribution in [3.8, 4) is 11.4 Å². The lowest BCUT2D eigenvalue weighted by atomic mass is 10.1. The van der Waals surface area contributed by atoms with Gasteiger partial charge in [0.05, 0.1) is 0 Å². The van der Waals surface area contributed by atoms with Crippen LogP contribution in [0.25, 0.3) is 17.6 Å². The number of carbonyl (C=O) groups is 1. The van der Waals surface area contributed by atoms with Crippen molar-refractivity contribution in [1.82, 2.24) is 14.8 Å². The van der Waals surface area contributed by atoms with Crippen molar-refractivity contribution in [2.24, 2.45) is 0 Å². The summed E-state index contributed by atoms with van der Waals surface area (Å²) in [6.45, 7) is 7.49. The third-order valence-electron chi connectivity index (χ3n) is 2.55. The van der Waals surface area contributed by atoms with E-state index in [1.54, 1.807) is 6.33 Å². The van der Waals surface area contributed by atoms with Gasteiger partial charge in [0.25, 0.3) is 0 Å². The molecule has 2 rings (SSSR count). The van der Waals surface area contributed by atoms with Gasteiger partial charge in [0.15, 0.2) is 5.82 Å². The lowest BCUT2D eigenvalue weighted by Gasteiger charge is -2.17. The number of ether oxygens (including phenoxy) is 1. The molecule has 0 aliphatic rings. The van der Waals surface area contributed by atoms with Crippen LogP contribution >= 0.6 is 0 Å². The minimum Gasteiger partial charge on any atom is -0.457 e. The Labute approximate surface area is 124 Å². The minimum absolute atomic E-state index is 0.407. The zero-order valence-corrected chi connectivity index (χ0v) is 12.7. The summed E-state index contributed by atoms with van der Waals surface area (Å²) in [5, 5.41) is 4.30. The van der Waals surface area contributed by atoms with Gasteiger partial charge in [-0.15, -0.1) is 5.10 Å². The van der Waals surface area contributed by atoms with Gasteiger partial charge in [0, 0.05) is 17.8 Å². The summed E-state index contributed by atoms with van der Waals surface area (Å²) in [7, 11) is 0. The molecule has 2 aromatic rings. The molecule has 0 fully saturated rings. The van der Waals surface area contributed by atoms with Gasteiger partial charge >= 0.3 is 5.97 Å². The molecule has 1 aromatic heterocycles. The molecule has 0 unspecified atom stereocenters. The van der Waals surface area contributed by atoms with Crippen LogP contribution in [0.1, 0.15) is 26.3 Å². The lowest BCUT2D eigenvalue weighted by molar-refractivity contribution is -0.148. The van der Waals surface area contributed by atoms with Crippen LogP contribution < -0.4 is 0 Å². The van der Waals surface area contributed by atoms with Crippen LogP contribution in [-0.2, 0) is 9.53 Å². The summed E-state index contributed by atoms with van der Waals surface area (Å²) in [6.07, 6.45) is 4.42. The molecule has 0 saturated heterocycles. The van der Waals surface area contributed by atoms with Crippen molar-refractivity contribution in [3.05, 3.63) is 42.2 Å². The number of aromatic nitrogens is 3. The van der Waals surface area contributed by atoms with E-state index in [1.165, 1.54) is 17.0 Å². The Morgan fingerprint density at radius 1 is 1.33 bits per heavy atom. The first-order valence-corrected chi connectivity index (χ1v) is 6.73. The Bertz CT molecular complexity index is 666. The van der Waals surface area contributed by atoms with Crippen molar-refractivity contribution >= 4 is 12.2 Å². The number of rotatable bonds is 3. The van der Waals surface area contributed by atoms with E-state index in [9.17, 15) is 4.79 Å². The predicted molar refractivity (Wildman–Crippen MR) is 81.4 cm³/mol. The predicted octanol–water partition coefficient (Wildman–Crippen LogP) is 3.07. The lowest BCUT2D eigenvalue weighted by Crippen LogP contribution is -2.22. The molecule has 0 bridgehead atoms. The highest BCUT2D eigenvalue weighted by molar-refractivity contribution is 5.85. The molecule has 0 spiro atoms. The van der Waals surface area contributed by atoms with Gasteiger partial charge in [-0.1, -0.05) is 23.8 Å². The van der Waals surface area contributed by atoms with E-state index < -0.39 is 11.6 Å². The highest BCUT2D eigenvalue weighted by Gasteiger charge is 2.14. The molecule has 1 heterocycles. The molecule has 21 heavy (non-hydrogen) atoms. The van der Waals surface area contributed by atoms with E-state index in [0.717, 1.165) is 11.1 Å². The van der Waals surface area contributed by atoms with Crippen LogP contribution in [0, 0.1) is 6.92 Å².